The summed E-state index contributed by atoms with van der Waals surface area (Å²) in [6, 6.07) is 0.0486. The molecular weight excluding hydrogens is 90.1 g/mol. The molecule has 7 heavy (non-hydrogen) atoms. The lowest BCUT2D eigenvalue weighted by Crippen LogP contribution is -2.22. The molecule has 0 bridgehead atoms. The summed E-state index contributed by atoms with van der Waals surface area (Å²) in [5.74, 6) is 0. The summed E-state index contributed by atoms with van der Waals surface area (Å²) in [6.07, 6.45) is 1.36. The Balaban J connectivity index is 3.44. The van der Waals surface area contributed by atoms with Crippen LogP contribution in [0.1, 0.15) is 20.3 Å². The van der Waals surface area contributed by atoms with Crippen LogP contribution < -0.4 is 5.31 Å². The summed E-state index contributed by atoms with van der Waals surface area (Å²) in [5, 5.41) is 0.917. The van der Waals surface area contributed by atoms with Gasteiger partial charge in [0.1, 0.15) is 0 Å². The number of rotatable bonds is 3. The molecule has 0 aromatic heterocycles. The van der Waals surface area contributed by atoms with Crippen LogP contribution in [-0.4, -0.2) is 12.5 Å². The largest absolute Gasteiger partial charge is 0.356 e. The van der Waals surface area contributed by atoms with Gasteiger partial charge < -0.3 is 5.31 Å². The van der Waals surface area contributed by atoms with E-state index < -0.39 is 0 Å². The minimum atomic E-state index is 0.0486. The van der Waals surface area contributed by atoms with Gasteiger partial charge in [-0.15, -0.1) is 0 Å². The Bertz CT molecular complexity index is 76.8. The van der Waals surface area contributed by atoms with Crippen LogP contribution in [0.15, 0.2) is 0 Å². The monoisotopic (exact) mass is 103 g/mol. The molecule has 0 saturated heterocycles. The average Bonchev–Trinajstić information content (AvgIpc) is 1.84. The first-order valence-corrected chi connectivity index (χ1v) is 2.44. The molecule has 0 aliphatic carbocycles. The van der Waals surface area contributed by atoms with Crippen molar-refractivity contribution in [3.63, 3.8) is 0 Å². The minimum absolute atomic E-state index is 0.0486. The number of nitrogens with one attached hydrogen (secondary N) is 1. The Hall–Kier alpha value is -0.530. The van der Waals surface area contributed by atoms with E-state index in [9.17, 15) is 4.79 Å². The quantitative estimate of drug-likeness (QED) is 0.519. The van der Waals surface area contributed by atoms with Crippen LogP contribution in [0, 0.1) is 0 Å². The summed E-state index contributed by atoms with van der Waals surface area (Å²) in [7, 11) is 0. The van der Waals surface area contributed by atoms with Crippen LogP contribution in [0.4, 0.5) is 0 Å². The van der Waals surface area contributed by atoms with Crippen LogP contribution in [0.3, 0.4) is 0 Å². The molecule has 0 aromatic carbocycles. The van der Waals surface area contributed by atoms with Gasteiger partial charge in [-0.05, 0) is 13.3 Å². The van der Waals surface area contributed by atoms with Gasteiger partial charge in [0.05, 0.1) is 0 Å². The molecule has 2 nitrogen and oxygen atoms in total. The second-order valence-electron chi connectivity index (χ2n) is 1.51. The zero-order chi connectivity index (χ0) is 6.57. The highest BCUT2D eigenvalue weighted by molar-refractivity contribution is 5.46. The highest BCUT2D eigenvalue weighted by Crippen LogP contribution is 1.82. The van der Waals surface area contributed by atoms with Gasteiger partial charge in [-0.1, -0.05) is 6.92 Å². The van der Waals surface area contributed by atoms with E-state index in [1.807, 2.05) is 13.8 Å². The Labute approximate surface area is 45.4 Å². The van der Waals surface area contributed by atoms with Gasteiger partial charge >= 0.3 is 0 Å². The highest BCUT2D eigenvalue weighted by atomic mass is 16.1. The molecule has 0 radical (unpaired) electrons. The molecule has 1 amide bonds. The first-order valence-electron chi connectivity index (χ1n) is 2.89. The normalized spacial score (nSPS) is 14.9. The second kappa shape index (κ2) is 3.65. The van der Waals surface area contributed by atoms with Crippen molar-refractivity contribution in [3.05, 3.63) is 0 Å². The fraction of sp³-hybridized carbons (Fsp3) is 0.800. The van der Waals surface area contributed by atoms with Crippen molar-refractivity contribution in [2.45, 2.75) is 26.3 Å². The van der Waals surface area contributed by atoms with E-state index in [1.165, 1.54) is 0 Å². The molecule has 0 aromatic rings. The molecule has 0 spiro atoms. The maximum Gasteiger partial charge on any atom is 0.207 e. The Morgan fingerprint density at radius 1 is 2.14 bits per heavy atom. The topological polar surface area (TPSA) is 29.1 Å². The Morgan fingerprint density at radius 2 is 2.71 bits per heavy atom. The smallest absolute Gasteiger partial charge is 0.207 e. The SMILES string of the molecule is [3H]N(C=O)C(C)CC. The zero-order valence-corrected chi connectivity index (χ0v) is 4.72. The van der Waals surface area contributed by atoms with Crippen molar-refractivity contribution in [1.29, 1.82) is 0 Å². The summed E-state index contributed by atoms with van der Waals surface area (Å²) in [4.78, 5) is 9.84. The van der Waals surface area contributed by atoms with Crippen LogP contribution in [0.25, 0.3) is 0 Å². The molecule has 0 fully saturated rings. The van der Waals surface area contributed by atoms with E-state index in [-0.39, 0.29) is 6.04 Å². The van der Waals surface area contributed by atoms with Crippen molar-refractivity contribution in [2.24, 2.45) is 0 Å². The molecular formula is C5H11NO. The number of carbonyl (C=O) groups is 1. The highest BCUT2D eigenvalue weighted by Gasteiger charge is 1.89. The Kier molecular flexibility index (Phi) is 2.41. The molecule has 0 aliphatic heterocycles. The first kappa shape index (κ1) is 4.62. The molecule has 0 aliphatic rings. The number of carbonyl (C=O) groups excluding carboxylic acids is 1. The lowest BCUT2D eigenvalue weighted by Gasteiger charge is -2.02. The predicted octanol–water partition coefficient (Wildman–Crippen LogP) is 0.531. The van der Waals surface area contributed by atoms with E-state index in [0.717, 1.165) is 11.7 Å². The van der Waals surface area contributed by atoms with Crippen molar-refractivity contribution in [3.8, 4) is 0 Å². The third-order valence-corrected chi connectivity index (χ3v) is 0.906. The van der Waals surface area contributed by atoms with Crippen molar-refractivity contribution < 1.29 is 6.21 Å². The third-order valence-electron chi connectivity index (χ3n) is 0.906. The van der Waals surface area contributed by atoms with Crippen LogP contribution in [0.5, 0.6) is 0 Å². The van der Waals surface area contributed by atoms with Crippen LogP contribution in [0.2, 0.25) is 1.41 Å². The summed E-state index contributed by atoms with van der Waals surface area (Å²) in [5.41, 5.74) is 0. The fourth-order valence-corrected chi connectivity index (χ4v) is 0.209. The maximum atomic E-state index is 9.84. The first-order chi connectivity index (χ1) is 3.72. The Morgan fingerprint density at radius 3 is 2.86 bits per heavy atom. The lowest BCUT2D eigenvalue weighted by molar-refractivity contribution is -0.110. The van der Waals surface area contributed by atoms with Gasteiger partial charge in [0.15, 0.2) is 1.41 Å². The zero-order valence-electron chi connectivity index (χ0n) is 5.72. The predicted molar refractivity (Wildman–Crippen MR) is 29.0 cm³/mol. The van der Waals surface area contributed by atoms with Gasteiger partial charge in [0.25, 0.3) is 0 Å². The summed E-state index contributed by atoms with van der Waals surface area (Å²) in [6.45, 7) is 3.77. The number of hydrogen-bond acceptors (Lipinski definition) is 1. The third kappa shape index (κ3) is 3.30. The van der Waals surface area contributed by atoms with Gasteiger partial charge in [0, 0.05) is 6.04 Å². The van der Waals surface area contributed by atoms with E-state index in [2.05, 4.69) is 0 Å². The molecule has 0 saturated carbocycles. The van der Waals surface area contributed by atoms with Gasteiger partial charge in [-0.25, -0.2) is 0 Å². The fourth-order valence-electron chi connectivity index (χ4n) is 0.209. The summed E-state index contributed by atoms with van der Waals surface area (Å²) < 4.78 is 6.89. The van der Waals surface area contributed by atoms with Gasteiger partial charge in [-0.2, -0.15) is 0 Å². The van der Waals surface area contributed by atoms with E-state index in [1.54, 1.807) is 0 Å². The number of hydrogen-bond donors (Lipinski definition) is 1. The van der Waals surface area contributed by atoms with Crippen LogP contribution in [-0.2, 0) is 4.79 Å². The molecule has 0 heterocycles. The molecule has 1 N–H and O–H groups in total. The molecule has 1 atom stereocenters. The van der Waals surface area contributed by atoms with E-state index in [4.69, 9.17) is 1.41 Å². The maximum absolute atomic E-state index is 9.84. The standard InChI is InChI=1S/C5H11NO/c1-3-5(2)6-4-7/h4-5H,3H2,1-2H3,(H,6,7)/i/hT. The van der Waals surface area contributed by atoms with E-state index >= 15 is 0 Å². The minimum Gasteiger partial charge on any atom is -0.356 e. The van der Waals surface area contributed by atoms with Crippen molar-refractivity contribution in [1.82, 2.24) is 5.31 Å². The molecule has 42 valence electrons. The molecule has 1 unspecified atom stereocenters. The number of amides is 1. The summed E-state index contributed by atoms with van der Waals surface area (Å²) >= 11 is 0. The molecule has 0 rings (SSSR count). The average molecular weight is 103 g/mol. The van der Waals surface area contributed by atoms with Crippen molar-refractivity contribution >= 4 is 6.41 Å². The lowest BCUT2D eigenvalue weighted by atomic mass is 10.3. The van der Waals surface area contributed by atoms with Crippen molar-refractivity contribution in [2.75, 3.05) is 0 Å². The van der Waals surface area contributed by atoms with E-state index in [0.29, 0.717) is 6.41 Å². The van der Waals surface area contributed by atoms with Gasteiger partial charge in [0.2, 0.25) is 6.41 Å². The second-order valence-corrected chi connectivity index (χ2v) is 1.51. The molecule has 2 heteroatoms. The van der Waals surface area contributed by atoms with Gasteiger partial charge in [-0.3, -0.25) is 4.79 Å². The van der Waals surface area contributed by atoms with Crippen LogP contribution >= 0.6 is 0 Å².